The number of nitrogens with zero attached hydrogens (tertiary/aromatic N) is 1. The van der Waals surface area contributed by atoms with Crippen LogP contribution in [0.25, 0.3) is 0 Å². The van der Waals surface area contributed by atoms with Crippen LogP contribution in [0, 0.1) is 13.8 Å². The monoisotopic (exact) mass is 300 g/mol. The number of carbonyl (C=O) groups is 2. The number of aromatic nitrogens is 2. The predicted octanol–water partition coefficient (Wildman–Crippen LogP) is 1.60. The largest absolute Gasteiger partial charge is 0.326 e. The maximum atomic E-state index is 12.2. The third-order valence-corrected chi connectivity index (χ3v) is 2.91. The molecule has 2 amide bonds. The van der Waals surface area contributed by atoms with Gasteiger partial charge < -0.3 is 15.6 Å². The van der Waals surface area contributed by atoms with Crippen LogP contribution in [0.3, 0.4) is 0 Å². The molecule has 7 heteroatoms. The lowest BCUT2D eigenvalue weighted by molar-refractivity contribution is -0.114. The van der Waals surface area contributed by atoms with Crippen molar-refractivity contribution in [1.29, 1.82) is 0 Å². The summed E-state index contributed by atoms with van der Waals surface area (Å²) in [6.45, 7) is 4.67. The Morgan fingerprint density at radius 1 is 1.05 bits per heavy atom. The van der Waals surface area contributed by atoms with Crippen molar-refractivity contribution in [3.05, 3.63) is 51.7 Å². The number of aryl methyl sites for hydroxylation is 2. The van der Waals surface area contributed by atoms with E-state index in [1.807, 2.05) is 0 Å². The van der Waals surface area contributed by atoms with E-state index in [0.29, 0.717) is 22.9 Å². The number of amides is 2. The molecule has 0 fully saturated rings. The normalized spacial score (nSPS) is 10.1. The smallest absolute Gasteiger partial charge is 0.264 e. The molecule has 0 aliphatic carbocycles. The van der Waals surface area contributed by atoms with Crippen molar-refractivity contribution < 1.29 is 9.59 Å². The van der Waals surface area contributed by atoms with Crippen LogP contribution >= 0.6 is 0 Å². The Bertz CT molecular complexity index is 778. The molecule has 22 heavy (non-hydrogen) atoms. The summed E-state index contributed by atoms with van der Waals surface area (Å²) >= 11 is 0. The van der Waals surface area contributed by atoms with Crippen molar-refractivity contribution in [2.45, 2.75) is 20.8 Å². The second kappa shape index (κ2) is 6.21. The lowest BCUT2D eigenvalue weighted by Gasteiger charge is -2.08. The number of hydrogen-bond donors (Lipinski definition) is 3. The van der Waals surface area contributed by atoms with Gasteiger partial charge in [-0.05, 0) is 38.1 Å². The zero-order valence-electron chi connectivity index (χ0n) is 12.5. The van der Waals surface area contributed by atoms with Gasteiger partial charge in [0.2, 0.25) is 5.91 Å². The average molecular weight is 300 g/mol. The molecule has 1 heterocycles. The highest BCUT2D eigenvalue weighted by Crippen LogP contribution is 2.14. The van der Waals surface area contributed by atoms with Crippen LogP contribution in [0.5, 0.6) is 0 Å². The van der Waals surface area contributed by atoms with Crippen LogP contribution in [-0.4, -0.2) is 21.8 Å². The molecule has 0 saturated heterocycles. The number of aromatic amines is 1. The molecule has 0 saturated carbocycles. The molecule has 1 aromatic carbocycles. The van der Waals surface area contributed by atoms with Crippen molar-refractivity contribution in [3.63, 3.8) is 0 Å². The molecular weight excluding hydrogens is 284 g/mol. The SMILES string of the molecule is CC(=O)Nc1ccc(NC(=O)c2c(C)nc(C)[nH]c2=O)cc1. The van der Waals surface area contributed by atoms with Crippen LogP contribution in [0.15, 0.2) is 29.1 Å². The van der Waals surface area contributed by atoms with Crippen LogP contribution in [0.1, 0.15) is 28.8 Å². The first-order valence-corrected chi connectivity index (χ1v) is 6.63. The third-order valence-electron chi connectivity index (χ3n) is 2.91. The van der Waals surface area contributed by atoms with Crippen molar-refractivity contribution >= 4 is 23.2 Å². The van der Waals surface area contributed by atoms with Gasteiger partial charge in [0.25, 0.3) is 11.5 Å². The number of H-pyrrole nitrogens is 1. The van der Waals surface area contributed by atoms with Crippen molar-refractivity contribution in [1.82, 2.24) is 9.97 Å². The van der Waals surface area contributed by atoms with Gasteiger partial charge in [-0.1, -0.05) is 0 Å². The van der Waals surface area contributed by atoms with E-state index >= 15 is 0 Å². The predicted molar refractivity (Wildman–Crippen MR) is 83.0 cm³/mol. The number of nitrogens with one attached hydrogen (secondary N) is 3. The van der Waals surface area contributed by atoms with Crippen molar-refractivity contribution in [3.8, 4) is 0 Å². The molecule has 3 N–H and O–H groups in total. The maximum absolute atomic E-state index is 12.2. The Labute approximate surface area is 126 Å². The molecule has 0 bridgehead atoms. The van der Waals surface area contributed by atoms with E-state index < -0.39 is 11.5 Å². The number of benzene rings is 1. The van der Waals surface area contributed by atoms with E-state index in [1.165, 1.54) is 6.92 Å². The number of hydrogen-bond acceptors (Lipinski definition) is 4. The Morgan fingerprint density at radius 3 is 2.09 bits per heavy atom. The zero-order valence-corrected chi connectivity index (χ0v) is 12.5. The molecule has 0 aliphatic heterocycles. The molecule has 7 nitrogen and oxygen atoms in total. The van der Waals surface area contributed by atoms with Gasteiger partial charge >= 0.3 is 0 Å². The number of carbonyl (C=O) groups excluding carboxylic acids is 2. The van der Waals surface area contributed by atoms with Gasteiger partial charge in [0, 0.05) is 18.3 Å². The minimum absolute atomic E-state index is 0.0171. The number of rotatable bonds is 3. The van der Waals surface area contributed by atoms with Crippen molar-refractivity contribution in [2.75, 3.05) is 10.6 Å². The fourth-order valence-corrected chi connectivity index (χ4v) is 2.03. The molecule has 0 atom stereocenters. The third kappa shape index (κ3) is 3.57. The summed E-state index contributed by atoms with van der Waals surface area (Å²) in [4.78, 5) is 41.6. The maximum Gasteiger partial charge on any atom is 0.264 e. The fraction of sp³-hybridized carbons (Fsp3) is 0.200. The second-order valence-electron chi connectivity index (χ2n) is 4.82. The Balaban J connectivity index is 2.19. The van der Waals surface area contributed by atoms with E-state index in [2.05, 4.69) is 20.6 Å². The molecular formula is C15H16N4O3. The van der Waals surface area contributed by atoms with Gasteiger partial charge in [-0.25, -0.2) is 4.98 Å². The van der Waals surface area contributed by atoms with E-state index in [9.17, 15) is 14.4 Å². The Hall–Kier alpha value is -2.96. The molecule has 0 aliphatic rings. The first kappa shape index (κ1) is 15.4. The van der Waals surface area contributed by atoms with Gasteiger partial charge in [0.05, 0.1) is 5.69 Å². The van der Waals surface area contributed by atoms with E-state index in [4.69, 9.17) is 0 Å². The quantitative estimate of drug-likeness (QED) is 0.800. The van der Waals surface area contributed by atoms with Gasteiger partial charge in [-0.3, -0.25) is 14.4 Å². The highest BCUT2D eigenvalue weighted by molar-refractivity contribution is 6.04. The summed E-state index contributed by atoms with van der Waals surface area (Å²) in [5.41, 5.74) is 1.01. The molecule has 2 aromatic rings. The van der Waals surface area contributed by atoms with Crippen LogP contribution in [-0.2, 0) is 4.79 Å². The minimum Gasteiger partial charge on any atom is -0.326 e. The van der Waals surface area contributed by atoms with Gasteiger partial charge in [-0.15, -0.1) is 0 Å². The Morgan fingerprint density at radius 2 is 1.59 bits per heavy atom. The average Bonchev–Trinajstić information content (AvgIpc) is 2.39. The second-order valence-corrected chi connectivity index (χ2v) is 4.82. The molecule has 0 spiro atoms. The molecule has 0 unspecified atom stereocenters. The van der Waals surface area contributed by atoms with Crippen LogP contribution < -0.4 is 16.2 Å². The molecule has 2 rings (SSSR count). The van der Waals surface area contributed by atoms with E-state index in [0.717, 1.165) is 0 Å². The van der Waals surface area contributed by atoms with Gasteiger partial charge in [0.15, 0.2) is 0 Å². The van der Waals surface area contributed by atoms with E-state index in [1.54, 1.807) is 38.1 Å². The molecule has 0 radical (unpaired) electrons. The first-order chi connectivity index (χ1) is 10.4. The summed E-state index contributed by atoms with van der Waals surface area (Å²) < 4.78 is 0. The Kier molecular flexibility index (Phi) is 4.36. The highest BCUT2D eigenvalue weighted by Gasteiger charge is 2.15. The zero-order chi connectivity index (χ0) is 16.3. The summed E-state index contributed by atoms with van der Waals surface area (Å²) in [6, 6.07) is 6.58. The molecule has 1 aromatic heterocycles. The summed E-state index contributed by atoms with van der Waals surface area (Å²) in [5.74, 6) is -0.248. The topological polar surface area (TPSA) is 104 Å². The lowest BCUT2D eigenvalue weighted by atomic mass is 10.2. The summed E-state index contributed by atoms with van der Waals surface area (Å²) in [7, 11) is 0. The van der Waals surface area contributed by atoms with E-state index in [-0.39, 0.29) is 11.5 Å². The number of anilines is 2. The van der Waals surface area contributed by atoms with Crippen LogP contribution in [0.2, 0.25) is 0 Å². The summed E-state index contributed by atoms with van der Waals surface area (Å²) in [6.07, 6.45) is 0. The summed E-state index contributed by atoms with van der Waals surface area (Å²) in [5, 5.41) is 5.25. The fourth-order valence-electron chi connectivity index (χ4n) is 2.03. The lowest BCUT2D eigenvalue weighted by Crippen LogP contribution is -2.26. The van der Waals surface area contributed by atoms with Gasteiger partial charge in [0.1, 0.15) is 11.4 Å². The van der Waals surface area contributed by atoms with Crippen molar-refractivity contribution in [2.24, 2.45) is 0 Å². The van der Waals surface area contributed by atoms with Gasteiger partial charge in [-0.2, -0.15) is 0 Å². The molecule has 114 valence electrons. The standard InChI is InChI=1S/C15H16N4O3/c1-8-13(14(21)17-9(2)16-8)15(22)19-12-6-4-11(5-7-12)18-10(3)20/h4-7H,1-3H3,(H,18,20)(H,19,22)(H,16,17,21). The first-order valence-electron chi connectivity index (χ1n) is 6.63. The van der Waals surface area contributed by atoms with Crippen LogP contribution in [0.4, 0.5) is 11.4 Å². The highest BCUT2D eigenvalue weighted by atomic mass is 16.2. The minimum atomic E-state index is -0.529.